The molecule has 8 nitrogen and oxygen atoms in total. The number of Topliss-reactive ketones (excluding diaryl/α,β-unsaturated/α-hetero) is 1. The van der Waals surface area contributed by atoms with Gasteiger partial charge in [0.25, 0.3) is 0 Å². The van der Waals surface area contributed by atoms with Crippen molar-refractivity contribution >= 4 is 43.4 Å². The maximum absolute atomic E-state index is 11.9. The third-order valence-corrected chi connectivity index (χ3v) is 4.11. The smallest absolute Gasteiger partial charge is 0.238 e. The van der Waals surface area contributed by atoms with Gasteiger partial charge >= 0.3 is 0 Å². The Hall–Kier alpha value is -2.04. The van der Waals surface area contributed by atoms with Crippen LogP contribution in [0.2, 0.25) is 0 Å². The molecule has 10 heteroatoms. The van der Waals surface area contributed by atoms with Crippen molar-refractivity contribution in [2.75, 3.05) is 11.0 Å². The number of ketones is 2. The van der Waals surface area contributed by atoms with E-state index in [1.165, 1.54) is 6.08 Å². The molecular formula is C11H10N2O6S2. The fraction of sp³-hybridized carbons (Fsp3) is 0.0909. The van der Waals surface area contributed by atoms with Crippen LogP contribution in [0.25, 0.3) is 6.08 Å². The molecule has 0 radical (unpaired) electrons. The maximum Gasteiger partial charge on any atom is 0.238 e. The Labute approximate surface area is 120 Å². The Bertz CT molecular complexity index is 897. The van der Waals surface area contributed by atoms with Crippen molar-refractivity contribution in [2.24, 2.45) is 5.14 Å². The highest BCUT2D eigenvalue weighted by molar-refractivity contribution is 7.92. The van der Waals surface area contributed by atoms with Crippen molar-refractivity contribution < 1.29 is 26.4 Å². The molecule has 0 unspecified atom stereocenters. The lowest BCUT2D eigenvalue weighted by molar-refractivity contribution is -0.110. The zero-order valence-corrected chi connectivity index (χ0v) is 12.3. The first-order valence-corrected chi connectivity index (χ1v) is 8.88. The Morgan fingerprint density at radius 3 is 2.19 bits per heavy atom. The molecule has 0 heterocycles. The highest BCUT2D eigenvalue weighted by atomic mass is 32.2. The van der Waals surface area contributed by atoms with Crippen LogP contribution in [0, 0.1) is 0 Å². The van der Waals surface area contributed by atoms with Gasteiger partial charge in [-0.2, -0.15) is 0 Å². The molecule has 1 aromatic rings. The first-order valence-electron chi connectivity index (χ1n) is 5.44. The Morgan fingerprint density at radius 1 is 1.05 bits per heavy atom. The van der Waals surface area contributed by atoms with E-state index >= 15 is 0 Å². The lowest BCUT2D eigenvalue weighted by Crippen LogP contribution is -2.22. The summed E-state index contributed by atoms with van der Waals surface area (Å²) in [5.74, 6) is -1.76. The van der Waals surface area contributed by atoms with Crippen LogP contribution in [0.1, 0.15) is 15.9 Å². The summed E-state index contributed by atoms with van der Waals surface area (Å²) in [5.41, 5.74) is -0.417. The van der Waals surface area contributed by atoms with Crippen LogP contribution in [-0.2, 0) is 24.8 Å². The molecule has 0 aliphatic heterocycles. The van der Waals surface area contributed by atoms with Crippen LogP contribution in [0.15, 0.2) is 23.1 Å². The van der Waals surface area contributed by atoms with Crippen molar-refractivity contribution in [3.05, 3.63) is 29.3 Å². The number of hydrogen-bond acceptors (Lipinski definition) is 6. The first kappa shape index (κ1) is 15.4. The molecule has 21 heavy (non-hydrogen) atoms. The second-order valence-corrected chi connectivity index (χ2v) is 7.69. The summed E-state index contributed by atoms with van der Waals surface area (Å²) in [6.07, 6.45) is 3.02. The number of anilines is 1. The first-order chi connectivity index (χ1) is 9.49. The highest BCUT2D eigenvalue weighted by Crippen LogP contribution is 2.29. The van der Waals surface area contributed by atoms with E-state index in [0.717, 1.165) is 24.5 Å². The minimum absolute atomic E-state index is 0.0947. The predicted octanol–water partition coefficient (Wildman–Crippen LogP) is -0.516. The molecule has 1 aromatic carbocycles. The van der Waals surface area contributed by atoms with Gasteiger partial charge in [-0.15, -0.1) is 0 Å². The molecule has 0 saturated heterocycles. The number of carbonyl (C=O) groups is 2. The summed E-state index contributed by atoms with van der Waals surface area (Å²) in [7, 11) is -7.90. The molecule has 1 aliphatic carbocycles. The Morgan fingerprint density at radius 2 is 1.67 bits per heavy atom. The van der Waals surface area contributed by atoms with E-state index in [9.17, 15) is 26.4 Å². The topological polar surface area (TPSA) is 140 Å². The molecule has 1 aliphatic rings. The van der Waals surface area contributed by atoms with Gasteiger partial charge in [0.1, 0.15) is 0 Å². The van der Waals surface area contributed by atoms with Crippen LogP contribution in [0.3, 0.4) is 0 Å². The second-order valence-electron chi connectivity index (χ2n) is 4.38. The number of sulfonamides is 2. The molecule has 0 amide bonds. The molecule has 0 saturated carbocycles. The molecule has 112 valence electrons. The lowest BCUT2D eigenvalue weighted by Gasteiger charge is -2.16. The van der Waals surface area contributed by atoms with Crippen molar-refractivity contribution in [2.45, 2.75) is 4.90 Å². The van der Waals surface area contributed by atoms with Gasteiger partial charge in [-0.25, -0.2) is 22.0 Å². The van der Waals surface area contributed by atoms with Gasteiger partial charge in [0, 0.05) is 0 Å². The Kier molecular flexibility index (Phi) is 3.48. The van der Waals surface area contributed by atoms with Gasteiger partial charge in [-0.3, -0.25) is 14.3 Å². The molecule has 0 spiro atoms. The van der Waals surface area contributed by atoms with Crippen LogP contribution < -0.4 is 9.86 Å². The largest absolute Gasteiger partial charge is 0.286 e. The van der Waals surface area contributed by atoms with Crippen molar-refractivity contribution in [3.8, 4) is 0 Å². The summed E-state index contributed by atoms with van der Waals surface area (Å²) in [6, 6.07) is 2.00. The molecule has 0 fully saturated rings. The van der Waals surface area contributed by atoms with Gasteiger partial charge in [0.05, 0.1) is 22.4 Å². The van der Waals surface area contributed by atoms with Gasteiger partial charge in [-0.1, -0.05) is 6.08 Å². The predicted molar refractivity (Wildman–Crippen MR) is 74.7 cm³/mol. The minimum Gasteiger partial charge on any atom is -0.286 e. The van der Waals surface area contributed by atoms with Gasteiger partial charge in [0.2, 0.25) is 31.6 Å². The lowest BCUT2D eigenvalue weighted by atomic mass is 9.94. The standard InChI is InChI=1S/C11H10N2O6S2/c1-20(16,17)13-8-5-7(21(12,18)19)4-6-2-3-9(14)11(15)10(6)8/h2-5,13H,1H3,(H2,12,18,19). The van der Waals surface area contributed by atoms with E-state index in [0.29, 0.717) is 0 Å². The van der Waals surface area contributed by atoms with E-state index in [2.05, 4.69) is 0 Å². The van der Waals surface area contributed by atoms with Crippen LogP contribution in [0.5, 0.6) is 0 Å². The SMILES string of the molecule is CS(=O)(=O)Nc1cc(S(N)(=O)=O)cc2c1C(=O)C(=O)C=C2. The van der Waals surface area contributed by atoms with Gasteiger partial charge in [-0.05, 0) is 23.8 Å². The fourth-order valence-corrected chi connectivity index (χ4v) is 2.96. The van der Waals surface area contributed by atoms with Crippen LogP contribution in [-0.4, -0.2) is 34.7 Å². The summed E-state index contributed by atoms with van der Waals surface area (Å²) in [5, 5.41) is 5.00. The molecule has 0 atom stereocenters. The number of hydrogen-bond donors (Lipinski definition) is 2. The summed E-state index contributed by atoms with van der Waals surface area (Å²) in [4.78, 5) is 22.9. The third kappa shape index (κ3) is 3.17. The molecular weight excluding hydrogens is 320 g/mol. The quantitative estimate of drug-likeness (QED) is 0.715. The number of carbonyl (C=O) groups excluding carboxylic acids is 2. The monoisotopic (exact) mass is 330 g/mol. The average Bonchev–Trinajstić information content (AvgIpc) is 2.30. The third-order valence-electron chi connectivity index (χ3n) is 2.63. The maximum atomic E-state index is 11.9. The summed E-state index contributed by atoms with van der Waals surface area (Å²) >= 11 is 0. The van der Waals surface area contributed by atoms with E-state index in [4.69, 9.17) is 5.14 Å². The number of rotatable bonds is 3. The number of benzene rings is 1. The van der Waals surface area contributed by atoms with E-state index in [1.807, 2.05) is 4.72 Å². The normalized spacial score (nSPS) is 15.0. The number of allylic oxidation sites excluding steroid dienone is 1. The van der Waals surface area contributed by atoms with Gasteiger partial charge in [0.15, 0.2) is 0 Å². The molecule has 2 rings (SSSR count). The van der Waals surface area contributed by atoms with E-state index in [1.54, 1.807) is 0 Å². The summed E-state index contributed by atoms with van der Waals surface area (Å²) < 4.78 is 47.5. The molecule has 0 bridgehead atoms. The minimum atomic E-state index is -4.11. The number of nitrogens with two attached hydrogens (primary N) is 1. The van der Waals surface area contributed by atoms with E-state index < -0.39 is 31.6 Å². The highest BCUT2D eigenvalue weighted by Gasteiger charge is 2.27. The zero-order valence-electron chi connectivity index (χ0n) is 10.7. The van der Waals surface area contributed by atoms with Crippen LogP contribution in [0.4, 0.5) is 5.69 Å². The second kappa shape index (κ2) is 4.76. The molecule has 0 aromatic heterocycles. The average molecular weight is 330 g/mol. The number of nitrogens with one attached hydrogen (secondary N) is 1. The van der Waals surface area contributed by atoms with Crippen LogP contribution >= 0.6 is 0 Å². The Balaban J connectivity index is 2.81. The van der Waals surface area contributed by atoms with Gasteiger partial charge < -0.3 is 0 Å². The van der Waals surface area contributed by atoms with Crippen molar-refractivity contribution in [1.29, 1.82) is 0 Å². The fourth-order valence-electron chi connectivity index (χ4n) is 1.83. The van der Waals surface area contributed by atoms with E-state index in [-0.39, 0.29) is 21.7 Å². The number of primary sulfonamides is 1. The van der Waals surface area contributed by atoms with Crippen molar-refractivity contribution in [1.82, 2.24) is 0 Å². The van der Waals surface area contributed by atoms with Crippen molar-refractivity contribution in [3.63, 3.8) is 0 Å². The number of fused-ring (bicyclic) bond motifs is 1. The zero-order chi connectivity index (χ0) is 16.0. The molecule has 3 N–H and O–H groups in total. The summed E-state index contributed by atoms with van der Waals surface area (Å²) in [6.45, 7) is 0.